The SMILES string of the molecule is C=C(C)C(=O)[O-].C=C(C)C(=O)[O-].O=C(O)c1ccccc1O.O=C(O)c1ccccc1O.[Cu+2]. The van der Waals surface area contributed by atoms with E-state index in [0.29, 0.717) is 0 Å². The fourth-order valence-corrected chi connectivity index (χ4v) is 1.31. The zero-order chi connectivity index (χ0) is 25.4. The monoisotopic (exact) mass is 509 g/mol. The Bertz CT molecular complexity index is 879. The van der Waals surface area contributed by atoms with E-state index < -0.39 is 23.9 Å². The first-order chi connectivity index (χ1) is 14.7. The smallest absolute Gasteiger partial charge is 0.545 e. The predicted molar refractivity (Wildman–Crippen MR) is 110 cm³/mol. The standard InChI is InChI=1S/2C7H6O3.2C4H6O2.Cu/c2*8-6-4-2-1-3-5(6)7(9)10;2*1-3(2)4(5)6;/h2*1-4,8H,(H,9,10);2*1H2,2H3,(H,5,6);/q;;;;+2/p-2. The largest absolute Gasteiger partial charge is 2.00 e. The van der Waals surface area contributed by atoms with E-state index in [4.69, 9.17) is 20.4 Å². The van der Waals surface area contributed by atoms with Crippen LogP contribution in [-0.2, 0) is 26.7 Å². The number of hydrogen-bond acceptors (Lipinski definition) is 8. The molecular formula is C22H22CuO10. The van der Waals surface area contributed by atoms with Crippen molar-refractivity contribution in [2.45, 2.75) is 13.8 Å². The second kappa shape index (κ2) is 17.6. The Morgan fingerprint density at radius 1 is 0.667 bits per heavy atom. The minimum atomic E-state index is -1.19. The van der Waals surface area contributed by atoms with Crippen molar-refractivity contribution in [2.24, 2.45) is 0 Å². The van der Waals surface area contributed by atoms with Crippen LogP contribution in [0.2, 0.25) is 0 Å². The molecule has 0 saturated carbocycles. The molecule has 0 saturated heterocycles. The van der Waals surface area contributed by atoms with Crippen molar-refractivity contribution in [3.05, 3.63) is 84.0 Å². The third-order valence-electron chi connectivity index (χ3n) is 2.97. The van der Waals surface area contributed by atoms with Crippen molar-refractivity contribution >= 4 is 23.9 Å². The summed E-state index contributed by atoms with van der Waals surface area (Å²) >= 11 is 0. The van der Waals surface area contributed by atoms with Crippen molar-refractivity contribution in [1.82, 2.24) is 0 Å². The Labute approximate surface area is 200 Å². The maximum absolute atomic E-state index is 10.3. The van der Waals surface area contributed by atoms with Gasteiger partial charge in [0, 0.05) is 0 Å². The molecule has 181 valence electrons. The number of carboxylic acids is 4. The first-order valence-corrected chi connectivity index (χ1v) is 8.48. The van der Waals surface area contributed by atoms with Crippen molar-refractivity contribution < 1.29 is 66.9 Å². The Balaban J connectivity index is -0.000000372. The number of carbonyl (C=O) groups excluding carboxylic acids is 2. The van der Waals surface area contributed by atoms with E-state index in [0.717, 1.165) is 0 Å². The van der Waals surface area contributed by atoms with Gasteiger partial charge in [-0.1, -0.05) is 37.4 Å². The molecule has 0 bridgehead atoms. The minimum absolute atomic E-state index is 0. The number of rotatable bonds is 4. The molecule has 4 N–H and O–H groups in total. The molecule has 0 heterocycles. The minimum Gasteiger partial charge on any atom is -0.545 e. The molecule has 10 nitrogen and oxygen atoms in total. The summed E-state index contributed by atoms with van der Waals surface area (Å²) in [4.78, 5) is 39.5. The molecule has 0 unspecified atom stereocenters. The molecule has 1 radical (unpaired) electrons. The zero-order valence-electron chi connectivity index (χ0n) is 17.6. The van der Waals surface area contributed by atoms with Crippen LogP contribution in [-0.4, -0.2) is 44.3 Å². The van der Waals surface area contributed by atoms with Crippen LogP contribution in [0.4, 0.5) is 0 Å². The fraction of sp³-hybridized carbons (Fsp3) is 0.0909. The van der Waals surface area contributed by atoms with E-state index in [-0.39, 0.29) is 50.8 Å². The van der Waals surface area contributed by atoms with Crippen LogP contribution in [0.3, 0.4) is 0 Å². The van der Waals surface area contributed by atoms with Gasteiger partial charge in [0.1, 0.15) is 22.6 Å². The van der Waals surface area contributed by atoms with Gasteiger partial charge in [-0.15, -0.1) is 0 Å². The van der Waals surface area contributed by atoms with Gasteiger partial charge in [0.15, 0.2) is 0 Å². The van der Waals surface area contributed by atoms with E-state index in [2.05, 4.69) is 13.2 Å². The Morgan fingerprint density at radius 2 is 0.879 bits per heavy atom. The van der Waals surface area contributed by atoms with Gasteiger partial charge in [0.2, 0.25) is 0 Å². The van der Waals surface area contributed by atoms with Crippen molar-refractivity contribution in [3.63, 3.8) is 0 Å². The van der Waals surface area contributed by atoms with Crippen molar-refractivity contribution in [3.8, 4) is 11.5 Å². The molecule has 0 fully saturated rings. The summed E-state index contributed by atoms with van der Waals surface area (Å²) in [6.45, 7) is 8.95. The van der Waals surface area contributed by atoms with Gasteiger partial charge in [-0.3, -0.25) is 0 Å². The van der Waals surface area contributed by atoms with E-state index >= 15 is 0 Å². The average molecular weight is 510 g/mol. The number of phenols is 2. The molecular weight excluding hydrogens is 488 g/mol. The van der Waals surface area contributed by atoms with Crippen LogP contribution in [0, 0.1) is 0 Å². The first-order valence-electron chi connectivity index (χ1n) is 8.48. The van der Waals surface area contributed by atoms with Crippen molar-refractivity contribution in [1.29, 1.82) is 0 Å². The normalized spacial score (nSPS) is 8.30. The molecule has 0 aliphatic carbocycles. The summed E-state index contributed by atoms with van der Waals surface area (Å²) in [5.41, 5.74) is -0.00463. The van der Waals surface area contributed by atoms with Crippen LogP contribution in [0.5, 0.6) is 11.5 Å². The van der Waals surface area contributed by atoms with Crippen LogP contribution < -0.4 is 10.2 Å². The average Bonchev–Trinajstić information content (AvgIpc) is 2.69. The van der Waals surface area contributed by atoms with Gasteiger partial charge >= 0.3 is 29.0 Å². The van der Waals surface area contributed by atoms with Crippen molar-refractivity contribution in [2.75, 3.05) is 0 Å². The third kappa shape index (κ3) is 16.3. The summed E-state index contributed by atoms with van der Waals surface area (Å²) in [6, 6.07) is 11.6. The molecule has 2 aromatic carbocycles. The molecule has 0 spiro atoms. The second-order valence-corrected chi connectivity index (χ2v) is 5.78. The van der Waals surface area contributed by atoms with Gasteiger partial charge < -0.3 is 40.2 Å². The molecule has 0 aliphatic rings. The molecule has 33 heavy (non-hydrogen) atoms. The number of aromatic hydroxyl groups is 2. The number of hydrogen-bond donors (Lipinski definition) is 4. The number of para-hydroxylation sites is 2. The molecule has 2 aromatic rings. The van der Waals surface area contributed by atoms with Crippen LogP contribution >= 0.6 is 0 Å². The summed E-state index contributed by atoms with van der Waals surface area (Å²) < 4.78 is 0. The maximum atomic E-state index is 10.3. The van der Waals surface area contributed by atoms with Gasteiger partial charge in [-0.2, -0.15) is 0 Å². The predicted octanol–water partition coefficient (Wildman–Crippen LogP) is 0.803. The topological polar surface area (TPSA) is 195 Å². The Kier molecular flexibility index (Phi) is 17.9. The maximum Gasteiger partial charge on any atom is 2.00 e. The summed E-state index contributed by atoms with van der Waals surface area (Å²) in [5, 5.41) is 53.6. The Morgan fingerprint density at radius 3 is 1.00 bits per heavy atom. The second-order valence-electron chi connectivity index (χ2n) is 5.78. The van der Waals surface area contributed by atoms with Gasteiger partial charge in [0.05, 0.1) is 11.9 Å². The van der Waals surface area contributed by atoms with E-state index in [1.165, 1.54) is 38.1 Å². The molecule has 0 amide bonds. The van der Waals surface area contributed by atoms with E-state index in [1.807, 2.05) is 0 Å². The molecule has 0 aliphatic heterocycles. The zero-order valence-corrected chi connectivity index (χ0v) is 18.5. The number of aliphatic carboxylic acids is 2. The third-order valence-corrected chi connectivity index (χ3v) is 2.97. The van der Waals surface area contributed by atoms with Gasteiger partial charge in [0.25, 0.3) is 0 Å². The van der Waals surface area contributed by atoms with Crippen LogP contribution in [0.15, 0.2) is 72.8 Å². The molecule has 0 atom stereocenters. The molecule has 2 rings (SSSR count). The quantitative estimate of drug-likeness (QED) is 0.338. The number of aromatic carboxylic acids is 2. The summed E-state index contributed by atoms with van der Waals surface area (Å²) in [7, 11) is 0. The van der Waals surface area contributed by atoms with E-state index in [9.17, 15) is 29.4 Å². The molecule has 11 heteroatoms. The first kappa shape index (κ1) is 33.6. The Hall–Kier alpha value is -4.08. The number of carbonyl (C=O) groups is 4. The van der Waals surface area contributed by atoms with E-state index in [1.54, 1.807) is 24.3 Å². The van der Waals surface area contributed by atoms with Gasteiger partial charge in [-0.25, -0.2) is 9.59 Å². The van der Waals surface area contributed by atoms with Crippen LogP contribution in [0.1, 0.15) is 34.6 Å². The van der Waals surface area contributed by atoms with Gasteiger partial charge in [-0.05, 0) is 49.3 Å². The fourth-order valence-electron chi connectivity index (χ4n) is 1.31. The summed E-state index contributed by atoms with van der Waals surface area (Å²) in [5.74, 6) is -4.99. The van der Waals surface area contributed by atoms with Crippen LogP contribution in [0.25, 0.3) is 0 Å². The number of benzene rings is 2. The molecule has 0 aromatic heterocycles. The number of carboxylic acid groups (broad SMARTS) is 4. The summed E-state index contributed by atoms with van der Waals surface area (Å²) in [6.07, 6.45) is 0.